The second-order valence-electron chi connectivity index (χ2n) is 5.54. The van der Waals surface area contributed by atoms with Crippen LogP contribution in [0.5, 0.6) is 5.75 Å². The molecule has 2 aliphatic rings. The number of epoxide rings is 1. The van der Waals surface area contributed by atoms with Gasteiger partial charge in [-0.1, -0.05) is 25.0 Å². The summed E-state index contributed by atoms with van der Waals surface area (Å²) in [6.45, 7) is 0. The number of rotatable bonds is 3. The second-order valence-corrected chi connectivity index (χ2v) is 5.54. The van der Waals surface area contributed by atoms with E-state index in [-0.39, 0.29) is 5.97 Å². The van der Waals surface area contributed by atoms with Crippen LogP contribution < -0.4 is 4.74 Å². The molecule has 0 amide bonds. The summed E-state index contributed by atoms with van der Waals surface area (Å²) in [7, 11) is 3.08. The number of esters is 1. The zero-order valence-corrected chi connectivity index (χ0v) is 12.0. The molecule has 1 aromatic rings. The molecule has 0 spiro atoms. The van der Waals surface area contributed by atoms with E-state index in [0.29, 0.717) is 0 Å². The lowest BCUT2D eigenvalue weighted by Crippen LogP contribution is -2.33. The largest absolute Gasteiger partial charge is 0.497 e. The smallest absolute Gasteiger partial charge is 0.341 e. The van der Waals surface area contributed by atoms with Gasteiger partial charge < -0.3 is 14.2 Å². The van der Waals surface area contributed by atoms with Crippen molar-refractivity contribution in [3.63, 3.8) is 0 Å². The van der Waals surface area contributed by atoms with Crippen molar-refractivity contribution < 1.29 is 19.0 Å². The molecule has 1 heterocycles. The highest BCUT2D eigenvalue weighted by molar-refractivity contribution is 5.85. The molecule has 108 valence electrons. The van der Waals surface area contributed by atoms with Crippen LogP contribution in [0.1, 0.15) is 37.7 Å². The quantitative estimate of drug-likeness (QED) is 0.629. The van der Waals surface area contributed by atoms with Crippen LogP contribution in [0, 0.1) is 0 Å². The Morgan fingerprint density at radius 3 is 2.45 bits per heavy atom. The van der Waals surface area contributed by atoms with E-state index in [0.717, 1.165) is 43.4 Å². The van der Waals surface area contributed by atoms with Gasteiger partial charge in [0, 0.05) is 0 Å². The molecule has 1 aromatic carbocycles. The lowest BCUT2D eigenvalue weighted by Gasteiger charge is -2.16. The molecule has 0 radical (unpaired) electrons. The molecular formula is C16H20O4. The minimum absolute atomic E-state index is 0.241. The number of methoxy groups -OCH3 is 2. The maximum atomic E-state index is 12.2. The van der Waals surface area contributed by atoms with Crippen molar-refractivity contribution in [3.05, 3.63) is 29.8 Å². The highest BCUT2D eigenvalue weighted by atomic mass is 16.7. The minimum Gasteiger partial charge on any atom is -0.497 e. The first-order chi connectivity index (χ1) is 9.68. The Morgan fingerprint density at radius 1 is 1.10 bits per heavy atom. The number of ether oxygens (including phenoxy) is 3. The van der Waals surface area contributed by atoms with Crippen molar-refractivity contribution in [1.82, 2.24) is 0 Å². The molecule has 2 fully saturated rings. The number of hydrogen-bond acceptors (Lipinski definition) is 4. The Balaban J connectivity index is 1.97. The van der Waals surface area contributed by atoms with E-state index in [4.69, 9.17) is 14.2 Å². The van der Waals surface area contributed by atoms with Gasteiger partial charge in [-0.25, -0.2) is 4.79 Å². The van der Waals surface area contributed by atoms with E-state index < -0.39 is 11.2 Å². The van der Waals surface area contributed by atoms with Crippen LogP contribution in [0.2, 0.25) is 0 Å². The molecule has 2 unspecified atom stereocenters. The Labute approximate surface area is 119 Å². The second kappa shape index (κ2) is 4.77. The zero-order valence-electron chi connectivity index (χ0n) is 12.0. The number of fused-ring (bicyclic) bond motifs is 1. The number of hydrogen-bond donors (Lipinski definition) is 0. The lowest BCUT2D eigenvalue weighted by molar-refractivity contribution is -0.147. The minimum atomic E-state index is -0.771. The maximum absolute atomic E-state index is 12.2. The predicted molar refractivity (Wildman–Crippen MR) is 73.6 cm³/mol. The van der Waals surface area contributed by atoms with Gasteiger partial charge in [0.15, 0.2) is 5.60 Å². The number of carbonyl (C=O) groups excluding carboxylic acids is 1. The first kappa shape index (κ1) is 13.4. The maximum Gasteiger partial charge on any atom is 0.341 e. The molecular weight excluding hydrogens is 256 g/mol. The van der Waals surface area contributed by atoms with Gasteiger partial charge in [-0.3, -0.25) is 0 Å². The third-order valence-electron chi connectivity index (χ3n) is 4.59. The monoisotopic (exact) mass is 276 g/mol. The van der Waals surface area contributed by atoms with Gasteiger partial charge in [-0.05, 0) is 37.0 Å². The molecule has 1 aliphatic heterocycles. The Hall–Kier alpha value is -1.55. The van der Waals surface area contributed by atoms with Crippen LogP contribution in [-0.2, 0) is 19.9 Å². The van der Waals surface area contributed by atoms with Gasteiger partial charge in [0.25, 0.3) is 0 Å². The molecule has 1 saturated carbocycles. The van der Waals surface area contributed by atoms with E-state index in [2.05, 4.69) is 0 Å². The third-order valence-corrected chi connectivity index (χ3v) is 4.59. The van der Waals surface area contributed by atoms with Crippen molar-refractivity contribution in [3.8, 4) is 5.75 Å². The van der Waals surface area contributed by atoms with Gasteiger partial charge in [-0.15, -0.1) is 0 Å². The highest BCUT2D eigenvalue weighted by Gasteiger charge is 2.75. The van der Waals surface area contributed by atoms with Crippen LogP contribution in [-0.4, -0.2) is 25.8 Å². The fourth-order valence-corrected chi connectivity index (χ4v) is 3.47. The summed E-state index contributed by atoms with van der Waals surface area (Å²) >= 11 is 0. The van der Waals surface area contributed by atoms with E-state index >= 15 is 0 Å². The van der Waals surface area contributed by atoms with Crippen LogP contribution >= 0.6 is 0 Å². The normalized spacial score (nSPS) is 31.9. The summed E-state index contributed by atoms with van der Waals surface area (Å²) in [6, 6.07) is 7.82. The van der Waals surface area contributed by atoms with Gasteiger partial charge in [0.1, 0.15) is 11.4 Å². The van der Waals surface area contributed by atoms with Crippen LogP contribution in [0.4, 0.5) is 0 Å². The van der Waals surface area contributed by atoms with E-state index in [1.807, 2.05) is 24.3 Å². The van der Waals surface area contributed by atoms with Crippen molar-refractivity contribution in [2.45, 2.75) is 43.3 Å². The van der Waals surface area contributed by atoms with E-state index in [1.165, 1.54) is 7.11 Å². The summed E-state index contributed by atoms with van der Waals surface area (Å²) in [5.74, 6) is 0.568. The summed E-state index contributed by atoms with van der Waals surface area (Å²) in [5.41, 5.74) is -0.221. The zero-order chi connectivity index (χ0) is 14.2. The fraction of sp³-hybridized carbons (Fsp3) is 0.562. The molecule has 4 heteroatoms. The molecule has 1 saturated heterocycles. The number of benzene rings is 1. The van der Waals surface area contributed by atoms with E-state index in [9.17, 15) is 4.79 Å². The molecule has 0 bridgehead atoms. The average molecular weight is 276 g/mol. The van der Waals surface area contributed by atoms with Crippen molar-refractivity contribution in [2.75, 3.05) is 14.2 Å². The average Bonchev–Trinajstić information content (AvgIpc) is 3.18. The topological polar surface area (TPSA) is 48.1 Å². The first-order valence-electron chi connectivity index (χ1n) is 7.12. The molecule has 1 aliphatic carbocycles. The summed E-state index contributed by atoms with van der Waals surface area (Å²) in [4.78, 5) is 12.2. The van der Waals surface area contributed by atoms with Crippen LogP contribution in [0.15, 0.2) is 24.3 Å². The number of carbonyl (C=O) groups is 1. The Bertz CT molecular complexity index is 510. The fourth-order valence-electron chi connectivity index (χ4n) is 3.47. The first-order valence-corrected chi connectivity index (χ1v) is 7.12. The van der Waals surface area contributed by atoms with Gasteiger partial charge in [0.2, 0.25) is 0 Å². The van der Waals surface area contributed by atoms with Crippen molar-refractivity contribution in [2.24, 2.45) is 0 Å². The Morgan fingerprint density at radius 2 is 1.80 bits per heavy atom. The highest BCUT2D eigenvalue weighted by Crippen LogP contribution is 2.63. The SMILES string of the molecule is COC(=O)C12CCCCCC1(c1ccc(OC)cc1)O2. The molecule has 0 N–H and O–H groups in total. The third kappa shape index (κ3) is 1.74. The summed E-state index contributed by atoms with van der Waals surface area (Å²) in [5, 5.41) is 0. The van der Waals surface area contributed by atoms with Crippen molar-refractivity contribution >= 4 is 5.97 Å². The van der Waals surface area contributed by atoms with Crippen LogP contribution in [0.25, 0.3) is 0 Å². The van der Waals surface area contributed by atoms with Gasteiger partial charge in [0.05, 0.1) is 14.2 Å². The Kier molecular flexibility index (Phi) is 3.21. The van der Waals surface area contributed by atoms with E-state index in [1.54, 1.807) is 7.11 Å². The lowest BCUT2D eigenvalue weighted by atomic mass is 9.82. The molecule has 0 aromatic heterocycles. The van der Waals surface area contributed by atoms with Crippen LogP contribution in [0.3, 0.4) is 0 Å². The van der Waals surface area contributed by atoms with Crippen molar-refractivity contribution in [1.29, 1.82) is 0 Å². The summed E-state index contributed by atoms with van der Waals surface area (Å²) in [6.07, 6.45) is 4.83. The standard InChI is InChI=1S/C16H20O4/c1-18-13-8-6-12(7-9-13)15-10-4-3-5-11-16(15,20-15)14(17)19-2/h6-9H,3-5,10-11H2,1-2H3. The molecule has 2 atom stereocenters. The predicted octanol–water partition coefficient (Wildman–Crippen LogP) is 2.80. The van der Waals surface area contributed by atoms with Gasteiger partial charge in [-0.2, -0.15) is 0 Å². The molecule has 3 rings (SSSR count). The molecule has 4 nitrogen and oxygen atoms in total. The van der Waals surface area contributed by atoms with Gasteiger partial charge >= 0.3 is 5.97 Å². The molecule has 20 heavy (non-hydrogen) atoms. The summed E-state index contributed by atoms with van der Waals surface area (Å²) < 4.78 is 16.2.